The standard InChI is InChI=1S/C15H21BrClNS/c16-12-8-13(19-15(12)17)14(18)11-6-5-9-3-1-2-4-10(9)7-11/h8-11,14H,1-7,18H2. The monoisotopic (exact) mass is 361 g/mol. The summed E-state index contributed by atoms with van der Waals surface area (Å²) in [6, 6.07) is 2.29. The zero-order valence-electron chi connectivity index (χ0n) is 11.1. The second kappa shape index (κ2) is 6.05. The van der Waals surface area contributed by atoms with E-state index < -0.39 is 0 Å². The summed E-state index contributed by atoms with van der Waals surface area (Å²) >= 11 is 11.3. The van der Waals surface area contributed by atoms with E-state index in [1.807, 2.05) is 0 Å². The molecule has 106 valence electrons. The molecule has 19 heavy (non-hydrogen) atoms. The molecule has 0 spiro atoms. The Balaban J connectivity index is 1.68. The quantitative estimate of drug-likeness (QED) is 0.710. The van der Waals surface area contributed by atoms with Crippen molar-refractivity contribution in [2.75, 3.05) is 0 Å². The molecule has 2 aliphatic carbocycles. The summed E-state index contributed by atoms with van der Waals surface area (Å²) in [6.07, 6.45) is 9.80. The van der Waals surface area contributed by atoms with Gasteiger partial charge in [0.1, 0.15) is 4.34 Å². The largest absolute Gasteiger partial charge is 0.323 e. The van der Waals surface area contributed by atoms with E-state index in [-0.39, 0.29) is 6.04 Å². The third-order valence-electron chi connectivity index (χ3n) is 5.08. The first kappa shape index (κ1) is 14.4. The van der Waals surface area contributed by atoms with Crippen molar-refractivity contribution in [3.8, 4) is 0 Å². The second-order valence-corrected chi connectivity index (χ2v) is 8.71. The molecular weight excluding hydrogens is 342 g/mol. The molecule has 0 bridgehead atoms. The highest BCUT2D eigenvalue weighted by Gasteiger charge is 2.35. The van der Waals surface area contributed by atoms with Crippen LogP contribution in [0.1, 0.15) is 55.9 Å². The van der Waals surface area contributed by atoms with Crippen molar-refractivity contribution in [2.24, 2.45) is 23.5 Å². The minimum atomic E-state index is 0.177. The number of hydrogen-bond acceptors (Lipinski definition) is 2. The van der Waals surface area contributed by atoms with Gasteiger partial charge in [0.2, 0.25) is 0 Å². The molecule has 2 fully saturated rings. The summed E-state index contributed by atoms with van der Waals surface area (Å²) in [6.45, 7) is 0. The van der Waals surface area contributed by atoms with E-state index >= 15 is 0 Å². The normalized spacial score (nSPS) is 32.9. The van der Waals surface area contributed by atoms with Crippen LogP contribution in [0.5, 0.6) is 0 Å². The van der Waals surface area contributed by atoms with E-state index in [1.165, 1.54) is 49.8 Å². The molecule has 4 heteroatoms. The molecule has 0 amide bonds. The minimum absolute atomic E-state index is 0.177. The third-order valence-corrected chi connectivity index (χ3v) is 7.66. The lowest BCUT2D eigenvalue weighted by Gasteiger charge is -2.41. The maximum Gasteiger partial charge on any atom is 0.107 e. The Morgan fingerprint density at radius 3 is 2.63 bits per heavy atom. The molecule has 1 aromatic rings. The van der Waals surface area contributed by atoms with Gasteiger partial charge in [-0.25, -0.2) is 0 Å². The van der Waals surface area contributed by atoms with Crippen molar-refractivity contribution in [3.63, 3.8) is 0 Å². The fourth-order valence-corrected chi connectivity index (χ4v) is 5.83. The van der Waals surface area contributed by atoms with Crippen LogP contribution in [0.15, 0.2) is 10.5 Å². The van der Waals surface area contributed by atoms with Gasteiger partial charge in [-0.2, -0.15) is 0 Å². The van der Waals surface area contributed by atoms with Crippen LogP contribution in [0.3, 0.4) is 0 Å². The van der Waals surface area contributed by atoms with Crippen LogP contribution in [-0.2, 0) is 0 Å². The molecule has 4 unspecified atom stereocenters. The highest BCUT2D eigenvalue weighted by Crippen LogP contribution is 2.47. The second-order valence-electron chi connectivity index (χ2n) is 6.17. The van der Waals surface area contributed by atoms with Gasteiger partial charge in [0, 0.05) is 15.4 Å². The molecule has 1 aromatic heterocycles. The first-order valence-corrected chi connectivity index (χ1v) is 9.34. The average Bonchev–Trinajstić information content (AvgIpc) is 2.77. The predicted molar refractivity (Wildman–Crippen MR) is 86.7 cm³/mol. The van der Waals surface area contributed by atoms with Crippen molar-refractivity contribution >= 4 is 38.9 Å². The Labute approximate surface area is 133 Å². The van der Waals surface area contributed by atoms with E-state index in [4.69, 9.17) is 17.3 Å². The number of rotatable bonds is 2. The van der Waals surface area contributed by atoms with E-state index in [0.29, 0.717) is 5.92 Å². The number of nitrogens with two attached hydrogens (primary N) is 1. The van der Waals surface area contributed by atoms with Crippen molar-refractivity contribution in [2.45, 2.75) is 51.0 Å². The molecule has 3 rings (SSSR count). The van der Waals surface area contributed by atoms with Crippen LogP contribution in [0.4, 0.5) is 0 Å². The maximum atomic E-state index is 6.50. The zero-order valence-corrected chi connectivity index (χ0v) is 14.2. The van der Waals surface area contributed by atoms with E-state index in [9.17, 15) is 0 Å². The van der Waals surface area contributed by atoms with Gasteiger partial charge in [-0.15, -0.1) is 11.3 Å². The molecule has 2 saturated carbocycles. The Morgan fingerprint density at radius 2 is 1.95 bits per heavy atom. The first-order chi connectivity index (χ1) is 9.15. The Hall–Kier alpha value is 0.430. The molecule has 4 atom stereocenters. The van der Waals surface area contributed by atoms with Crippen LogP contribution >= 0.6 is 38.9 Å². The maximum absolute atomic E-state index is 6.50. The van der Waals surface area contributed by atoms with Crippen LogP contribution in [0.25, 0.3) is 0 Å². The first-order valence-electron chi connectivity index (χ1n) is 7.35. The fourth-order valence-electron chi connectivity index (χ4n) is 4.00. The van der Waals surface area contributed by atoms with Crippen molar-refractivity contribution in [1.82, 2.24) is 0 Å². The molecular formula is C15H21BrClNS. The predicted octanol–water partition coefficient (Wildman–Crippen LogP) is 5.77. The molecule has 0 aliphatic heterocycles. The lowest BCUT2D eigenvalue weighted by Crippen LogP contribution is -2.32. The smallest absolute Gasteiger partial charge is 0.107 e. The molecule has 1 nitrogen and oxygen atoms in total. The van der Waals surface area contributed by atoms with E-state index in [2.05, 4.69) is 22.0 Å². The molecule has 2 aliphatic rings. The van der Waals surface area contributed by atoms with Gasteiger partial charge in [-0.1, -0.05) is 37.3 Å². The number of hydrogen-bond donors (Lipinski definition) is 1. The van der Waals surface area contributed by atoms with Gasteiger partial charge in [0.05, 0.1) is 0 Å². The van der Waals surface area contributed by atoms with Crippen molar-refractivity contribution in [3.05, 3.63) is 19.8 Å². The SMILES string of the molecule is NC(c1cc(Br)c(Cl)s1)C1CCC2CCCCC2C1. The summed E-state index contributed by atoms with van der Waals surface area (Å²) < 4.78 is 1.83. The van der Waals surface area contributed by atoms with Crippen molar-refractivity contribution in [1.29, 1.82) is 0 Å². The summed E-state index contributed by atoms with van der Waals surface area (Å²) in [5.74, 6) is 2.59. The molecule has 0 radical (unpaired) electrons. The van der Waals surface area contributed by atoms with Gasteiger partial charge in [0.15, 0.2) is 0 Å². The topological polar surface area (TPSA) is 26.0 Å². The van der Waals surface area contributed by atoms with Crippen LogP contribution in [0.2, 0.25) is 4.34 Å². The molecule has 0 saturated heterocycles. The van der Waals surface area contributed by atoms with Gasteiger partial charge in [-0.05, 0) is 59.0 Å². The molecule has 2 N–H and O–H groups in total. The Kier molecular flexibility index (Phi) is 4.57. The third kappa shape index (κ3) is 3.04. The van der Waals surface area contributed by atoms with Crippen LogP contribution in [-0.4, -0.2) is 0 Å². The molecule has 1 heterocycles. The van der Waals surface area contributed by atoms with Crippen LogP contribution < -0.4 is 5.73 Å². The lowest BCUT2D eigenvalue weighted by molar-refractivity contribution is 0.118. The number of halogens is 2. The summed E-state index contributed by atoms with van der Waals surface area (Å²) in [4.78, 5) is 1.25. The fraction of sp³-hybridized carbons (Fsp3) is 0.733. The highest BCUT2D eigenvalue weighted by atomic mass is 79.9. The van der Waals surface area contributed by atoms with Crippen LogP contribution in [0, 0.1) is 17.8 Å². The van der Waals surface area contributed by atoms with E-state index in [0.717, 1.165) is 20.6 Å². The summed E-state index contributed by atoms with van der Waals surface area (Å²) in [5.41, 5.74) is 6.50. The minimum Gasteiger partial charge on any atom is -0.323 e. The average molecular weight is 363 g/mol. The van der Waals surface area contributed by atoms with Gasteiger partial charge >= 0.3 is 0 Å². The Morgan fingerprint density at radius 1 is 1.21 bits per heavy atom. The number of thiophene rings is 1. The van der Waals surface area contributed by atoms with E-state index in [1.54, 1.807) is 11.3 Å². The van der Waals surface area contributed by atoms with Crippen molar-refractivity contribution < 1.29 is 0 Å². The van der Waals surface area contributed by atoms with Gasteiger partial charge < -0.3 is 5.73 Å². The Bertz CT molecular complexity index is 428. The zero-order chi connectivity index (χ0) is 13.4. The molecule has 0 aromatic carbocycles. The van der Waals surface area contributed by atoms with Gasteiger partial charge in [0.25, 0.3) is 0 Å². The van der Waals surface area contributed by atoms with Gasteiger partial charge in [-0.3, -0.25) is 0 Å². The number of fused-ring (bicyclic) bond motifs is 1. The lowest BCUT2D eigenvalue weighted by atomic mass is 9.66. The summed E-state index contributed by atoms with van der Waals surface area (Å²) in [5, 5.41) is 0. The highest BCUT2D eigenvalue weighted by molar-refractivity contribution is 9.10. The summed E-state index contributed by atoms with van der Waals surface area (Å²) in [7, 11) is 0.